The fourth-order valence-corrected chi connectivity index (χ4v) is 1.59. The molecule has 16 heavy (non-hydrogen) atoms. The van der Waals surface area contributed by atoms with Gasteiger partial charge in [0.2, 0.25) is 0 Å². The first-order valence-corrected chi connectivity index (χ1v) is 5.89. The molecular formula is C12H22N2O2. The highest BCUT2D eigenvalue weighted by Gasteiger charge is 2.32. The fraction of sp³-hybridized carbons (Fsp3) is 0.917. The van der Waals surface area contributed by atoms with Crippen LogP contribution in [-0.4, -0.2) is 38.0 Å². The van der Waals surface area contributed by atoms with Crippen LogP contribution in [0.1, 0.15) is 33.1 Å². The molecule has 0 aromatic heterocycles. The minimum absolute atomic E-state index is 0.0915. The second-order valence-electron chi connectivity index (χ2n) is 4.75. The van der Waals surface area contributed by atoms with Crippen LogP contribution in [0.3, 0.4) is 0 Å². The van der Waals surface area contributed by atoms with Crippen LogP contribution in [0.15, 0.2) is 0 Å². The molecule has 1 aliphatic rings. The standard InChI is InChI=1S/C12H22N2O2/c1-10(8-15-3)16-7-6-12(2,9-13)14-11-4-5-11/h10-11,14H,4-8H2,1-3H3. The summed E-state index contributed by atoms with van der Waals surface area (Å²) in [5.41, 5.74) is -0.450. The zero-order valence-electron chi connectivity index (χ0n) is 10.5. The van der Waals surface area contributed by atoms with Gasteiger partial charge in [-0.3, -0.25) is 5.32 Å². The molecule has 0 aromatic carbocycles. The minimum atomic E-state index is -0.450. The van der Waals surface area contributed by atoms with E-state index >= 15 is 0 Å². The average molecular weight is 226 g/mol. The Hall–Kier alpha value is -0.630. The number of nitrogens with one attached hydrogen (secondary N) is 1. The second-order valence-corrected chi connectivity index (χ2v) is 4.75. The molecule has 1 saturated carbocycles. The summed E-state index contributed by atoms with van der Waals surface area (Å²) in [6.45, 7) is 5.10. The molecule has 1 fully saturated rings. The largest absolute Gasteiger partial charge is 0.382 e. The fourth-order valence-electron chi connectivity index (χ4n) is 1.59. The Bertz CT molecular complexity index is 248. The summed E-state index contributed by atoms with van der Waals surface area (Å²) < 4.78 is 10.5. The summed E-state index contributed by atoms with van der Waals surface area (Å²) in [4.78, 5) is 0. The van der Waals surface area contributed by atoms with Crippen LogP contribution in [0.4, 0.5) is 0 Å². The van der Waals surface area contributed by atoms with Crippen molar-refractivity contribution in [2.75, 3.05) is 20.3 Å². The molecule has 0 spiro atoms. The smallest absolute Gasteiger partial charge is 0.106 e. The van der Waals surface area contributed by atoms with E-state index in [0.29, 0.717) is 25.7 Å². The lowest BCUT2D eigenvalue weighted by Gasteiger charge is -2.24. The molecule has 0 aliphatic heterocycles. The van der Waals surface area contributed by atoms with Crippen molar-refractivity contribution in [3.63, 3.8) is 0 Å². The van der Waals surface area contributed by atoms with E-state index in [0.717, 1.165) is 0 Å². The summed E-state index contributed by atoms with van der Waals surface area (Å²) in [7, 11) is 1.66. The van der Waals surface area contributed by atoms with Crippen LogP contribution in [0, 0.1) is 11.3 Å². The zero-order chi connectivity index (χ0) is 12.0. The van der Waals surface area contributed by atoms with Crippen molar-refractivity contribution in [1.29, 1.82) is 5.26 Å². The quantitative estimate of drug-likeness (QED) is 0.681. The average Bonchev–Trinajstić information content (AvgIpc) is 3.02. The van der Waals surface area contributed by atoms with E-state index in [1.807, 2.05) is 13.8 Å². The van der Waals surface area contributed by atoms with Crippen LogP contribution >= 0.6 is 0 Å². The highest BCUT2D eigenvalue weighted by Crippen LogP contribution is 2.23. The monoisotopic (exact) mass is 226 g/mol. The molecule has 1 aliphatic carbocycles. The molecule has 0 saturated heterocycles. The highest BCUT2D eigenvalue weighted by molar-refractivity contribution is 5.06. The van der Waals surface area contributed by atoms with Gasteiger partial charge in [-0.2, -0.15) is 5.26 Å². The number of nitrogens with zero attached hydrogens (tertiary/aromatic N) is 1. The van der Waals surface area contributed by atoms with Gasteiger partial charge in [0, 0.05) is 26.2 Å². The maximum absolute atomic E-state index is 9.14. The highest BCUT2D eigenvalue weighted by atomic mass is 16.5. The third-order valence-electron chi connectivity index (χ3n) is 2.75. The number of ether oxygens (including phenoxy) is 2. The lowest BCUT2D eigenvalue weighted by Crippen LogP contribution is -2.43. The summed E-state index contributed by atoms with van der Waals surface area (Å²) in [5.74, 6) is 0. The van der Waals surface area contributed by atoms with Crippen LogP contribution in [0.2, 0.25) is 0 Å². The molecule has 2 unspecified atom stereocenters. The summed E-state index contributed by atoms with van der Waals surface area (Å²) in [6, 6.07) is 2.88. The van der Waals surface area contributed by atoms with Crippen molar-refractivity contribution in [2.24, 2.45) is 0 Å². The van der Waals surface area contributed by atoms with Crippen molar-refractivity contribution in [3.05, 3.63) is 0 Å². The van der Waals surface area contributed by atoms with E-state index < -0.39 is 5.54 Å². The number of hydrogen-bond acceptors (Lipinski definition) is 4. The second kappa shape index (κ2) is 6.19. The van der Waals surface area contributed by atoms with Gasteiger partial charge in [-0.1, -0.05) is 0 Å². The Balaban J connectivity index is 2.20. The maximum Gasteiger partial charge on any atom is 0.106 e. The first-order valence-electron chi connectivity index (χ1n) is 5.89. The molecule has 92 valence electrons. The van der Waals surface area contributed by atoms with Crippen LogP contribution in [-0.2, 0) is 9.47 Å². The lowest BCUT2D eigenvalue weighted by atomic mass is 10.0. The SMILES string of the molecule is COCC(C)OCCC(C)(C#N)NC1CC1. The van der Waals surface area contributed by atoms with Crippen molar-refractivity contribution < 1.29 is 9.47 Å². The third-order valence-corrected chi connectivity index (χ3v) is 2.75. The van der Waals surface area contributed by atoms with Crippen LogP contribution < -0.4 is 5.32 Å². The molecule has 4 heteroatoms. The van der Waals surface area contributed by atoms with Gasteiger partial charge < -0.3 is 9.47 Å². The molecule has 0 heterocycles. The van der Waals surface area contributed by atoms with Gasteiger partial charge in [0.1, 0.15) is 5.54 Å². The molecule has 4 nitrogen and oxygen atoms in total. The molecule has 1 rings (SSSR count). The minimum Gasteiger partial charge on any atom is -0.382 e. The Kier molecular flexibility index (Phi) is 5.20. The lowest BCUT2D eigenvalue weighted by molar-refractivity contribution is 0.00357. The number of rotatable bonds is 8. The molecule has 0 aromatic rings. The van der Waals surface area contributed by atoms with E-state index in [1.165, 1.54) is 12.8 Å². The summed E-state index contributed by atoms with van der Waals surface area (Å²) in [6.07, 6.45) is 3.19. The van der Waals surface area contributed by atoms with E-state index in [9.17, 15) is 0 Å². The Morgan fingerprint density at radius 2 is 2.25 bits per heavy atom. The number of nitriles is 1. The van der Waals surface area contributed by atoms with Gasteiger partial charge in [0.15, 0.2) is 0 Å². The number of methoxy groups -OCH3 is 1. The van der Waals surface area contributed by atoms with Gasteiger partial charge in [0.25, 0.3) is 0 Å². The van der Waals surface area contributed by atoms with Crippen molar-refractivity contribution in [2.45, 2.75) is 50.8 Å². The Morgan fingerprint density at radius 3 is 2.75 bits per heavy atom. The van der Waals surface area contributed by atoms with Crippen molar-refractivity contribution in [1.82, 2.24) is 5.32 Å². The first kappa shape index (κ1) is 13.4. The van der Waals surface area contributed by atoms with E-state index in [4.69, 9.17) is 14.7 Å². The molecule has 0 radical (unpaired) electrons. The molecular weight excluding hydrogens is 204 g/mol. The maximum atomic E-state index is 9.14. The molecule has 2 atom stereocenters. The van der Waals surface area contributed by atoms with Crippen LogP contribution in [0.25, 0.3) is 0 Å². The number of hydrogen-bond donors (Lipinski definition) is 1. The molecule has 0 amide bonds. The van der Waals surface area contributed by atoms with E-state index in [-0.39, 0.29) is 6.10 Å². The predicted molar refractivity (Wildman–Crippen MR) is 62.1 cm³/mol. The normalized spacial score (nSPS) is 21.1. The molecule has 0 bridgehead atoms. The predicted octanol–water partition coefficient (Wildman–Crippen LogP) is 1.46. The summed E-state index contributed by atoms with van der Waals surface area (Å²) in [5, 5.41) is 12.5. The van der Waals surface area contributed by atoms with Gasteiger partial charge in [-0.15, -0.1) is 0 Å². The summed E-state index contributed by atoms with van der Waals surface area (Å²) >= 11 is 0. The van der Waals surface area contributed by atoms with Gasteiger partial charge in [-0.25, -0.2) is 0 Å². The zero-order valence-corrected chi connectivity index (χ0v) is 10.5. The van der Waals surface area contributed by atoms with Crippen molar-refractivity contribution >= 4 is 0 Å². The third kappa shape index (κ3) is 4.93. The molecule has 1 N–H and O–H groups in total. The van der Waals surface area contributed by atoms with Gasteiger partial charge >= 0.3 is 0 Å². The van der Waals surface area contributed by atoms with Gasteiger partial charge in [0.05, 0.1) is 18.8 Å². The van der Waals surface area contributed by atoms with E-state index in [1.54, 1.807) is 7.11 Å². The topological polar surface area (TPSA) is 54.3 Å². The Morgan fingerprint density at radius 1 is 1.56 bits per heavy atom. The van der Waals surface area contributed by atoms with Crippen LogP contribution in [0.5, 0.6) is 0 Å². The Labute approximate surface area is 97.9 Å². The first-order chi connectivity index (χ1) is 7.59. The van der Waals surface area contributed by atoms with Gasteiger partial charge in [-0.05, 0) is 26.7 Å². The van der Waals surface area contributed by atoms with E-state index in [2.05, 4.69) is 11.4 Å². The van der Waals surface area contributed by atoms with Crippen molar-refractivity contribution in [3.8, 4) is 6.07 Å².